The van der Waals surface area contributed by atoms with E-state index < -0.39 is 56.7 Å². The minimum Gasteiger partial charge on any atom is -0.350 e. The van der Waals surface area contributed by atoms with Crippen LogP contribution < -0.4 is 9.62 Å². The Balaban J connectivity index is 1.94. The van der Waals surface area contributed by atoms with Crippen LogP contribution >= 0.6 is 11.6 Å². The summed E-state index contributed by atoms with van der Waals surface area (Å²) in [4.78, 5) is 12.4. The van der Waals surface area contributed by atoms with Crippen molar-refractivity contribution in [3.05, 3.63) is 94.0 Å². The van der Waals surface area contributed by atoms with Crippen LogP contribution in [0.5, 0.6) is 0 Å². The Bertz CT molecular complexity index is 1390. The SMILES string of the molecule is Cc1ccc(S(=O)(=O)N(CC(=O)NCc2cccc(C(F)(F)F)c2)c2ccc(Cl)c(C(F)(F)F)c2)cc1. The molecule has 13 heteroatoms. The van der Waals surface area contributed by atoms with Gasteiger partial charge in [-0.15, -0.1) is 0 Å². The predicted octanol–water partition coefficient (Wildman–Crippen LogP) is 6.20. The van der Waals surface area contributed by atoms with Gasteiger partial charge in [-0.25, -0.2) is 8.42 Å². The molecule has 37 heavy (non-hydrogen) atoms. The largest absolute Gasteiger partial charge is 0.417 e. The molecule has 198 valence electrons. The van der Waals surface area contributed by atoms with Crippen molar-refractivity contribution in [2.24, 2.45) is 0 Å². The number of anilines is 1. The minimum atomic E-state index is -4.90. The summed E-state index contributed by atoms with van der Waals surface area (Å²) in [6.07, 6.45) is -9.51. The molecule has 0 aliphatic rings. The van der Waals surface area contributed by atoms with Crippen molar-refractivity contribution in [3.8, 4) is 0 Å². The second kappa shape index (κ2) is 10.6. The van der Waals surface area contributed by atoms with E-state index >= 15 is 0 Å². The molecule has 0 aromatic heterocycles. The Morgan fingerprint density at radius 3 is 2.16 bits per heavy atom. The van der Waals surface area contributed by atoms with Gasteiger partial charge in [0.15, 0.2) is 0 Å². The molecule has 0 spiro atoms. The molecule has 0 aliphatic heterocycles. The van der Waals surface area contributed by atoms with E-state index in [2.05, 4.69) is 5.32 Å². The van der Waals surface area contributed by atoms with Crippen LogP contribution in [-0.4, -0.2) is 20.9 Å². The van der Waals surface area contributed by atoms with Crippen molar-refractivity contribution in [3.63, 3.8) is 0 Å². The van der Waals surface area contributed by atoms with Crippen LogP contribution in [0.3, 0.4) is 0 Å². The number of carbonyl (C=O) groups is 1. The fourth-order valence-corrected chi connectivity index (χ4v) is 4.92. The van der Waals surface area contributed by atoms with Gasteiger partial charge in [-0.3, -0.25) is 9.10 Å². The second-order valence-electron chi connectivity index (χ2n) is 7.96. The van der Waals surface area contributed by atoms with Crippen LogP contribution in [0.15, 0.2) is 71.6 Å². The van der Waals surface area contributed by atoms with Gasteiger partial charge in [0.25, 0.3) is 10.0 Å². The van der Waals surface area contributed by atoms with E-state index in [0.29, 0.717) is 10.4 Å². The van der Waals surface area contributed by atoms with E-state index in [4.69, 9.17) is 11.6 Å². The van der Waals surface area contributed by atoms with Gasteiger partial charge in [-0.1, -0.05) is 41.4 Å². The molecule has 1 N–H and O–H groups in total. The van der Waals surface area contributed by atoms with Crippen LogP contribution in [-0.2, 0) is 33.7 Å². The number of rotatable bonds is 7. The maximum atomic E-state index is 13.4. The van der Waals surface area contributed by atoms with Gasteiger partial charge in [-0.05, 0) is 55.0 Å². The van der Waals surface area contributed by atoms with Gasteiger partial charge in [-0.2, -0.15) is 26.3 Å². The quantitative estimate of drug-likeness (QED) is 0.348. The molecule has 0 atom stereocenters. The molecular weight excluding hydrogens is 546 g/mol. The molecule has 0 saturated heterocycles. The van der Waals surface area contributed by atoms with Crippen molar-refractivity contribution in [2.45, 2.75) is 30.7 Å². The fourth-order valence-electron chi connectivity index (χ4n) is 3.28. The average Bonchev–Trinajstić information content (AvgIpc) is 2.81. The number of alkyl halides is 6. The maximum absolute atomic E-state index is 13.4. The zero-order valence-corrected chi connectivity index (χ0v) is 20.6. The third-order valence-corrected chi connectivity index (χ3v) is 7.30. The van der Waals surface area contributed by atoms with Gasteiger partial charge in [0.2, 0.25) is 5.91 Å². The number of sulfonamides is 1. The lowest BCUT2D eigenvalue weighted by Gasteiger charge is -2.25. The highest BCUT2D eigenvalue weighted by Crippen LogP contribution is 2.38. The summed E-state index contributed by atoms with van der Waals surface area (Å²) in [5.41, 5.74) is -1.92. The summed E-state index contributed by atoms with van der Waals surface area (Å²) in [7, 11) is -4.54. The number of aryl methyl sites for hydroxylation is 1. The molecule has 1 amide bonds. The smallest absolute Gasteiger partial charge is 0.350 e. The maximum Gasteiger partial charge on any atom is 0.417 e. The average molecular weight is 565 g/mol. The van der Waals surface area contributed by atoms with Crippen molar-refractivity contribution < 1.29 is 39.6 Å². The van der Waals surface area contributed by atoms with Crippen molar-refractivity contribution in [1.82, 2.24) is 5.32 Å². The second-order valence-corrected chi connectivity index (χ2v) is 10.2. The Morgan fingerprint density at radius 2 is 1.57 bits per heavy atom. The molecule has 0 radical (unpaired) electrons. The summed E-state index contributed by atoms with van der Waals surface area (Å²) in [6.45, 7) is 0.369. The lowest BCUT2D eigenvalue weighted by Crippen LogP contribution is -2.40. The monoisotopic (exact) mass is 564 g/mol. The fraction of sp³-hybridized carbons (Fsp3) is 0.208. The third kappa shape index (κ3) is 6.95. The summed E-state index contributed by atoms with van der Waals surface area (Å²) < 4.78 is 106. The van der Waals surface area contributed by atoms with Gasteiger partial charge in [0.1, 0.15) is 6.54 Å². The lowest BCUT2D eigenvalue weighted by molar-refractivity contribution is -0.138. The standard InChI is InChI=1S/C24H19ClF6N2O3S/c1-15-5-8-19(9-6-15)37(35,36)33(18-7-10-21(25)20(12-18)24(29,30)31)14-22(34)32-13-16-3-2-4-17(11-16)23(26,27)28/h2-12H,13-14H2,1H3,(H,32,34). The molecule has 0 aliphatic carbocycles. The Kier molecular flexibility index (Phi) is 8.13. The first-order chi connectivity index (χ1) is 17.1. The van der Waals surface area contributed by atoms with E-state index in [9.17, 15) is 39.6 Å². The number of halogens is 7. The molecule has 0 bridgehead atoms. The number of amides is 1. The van der Waals surface area contributed by atoms with E-state index in [-0.39, 0.29) is 17.0 Å². The molecule has 5 nitrogen and oxygen atoms in total. The third-order valence-electron chi connectivity index (χ3n) is 5.18. The first-order valence-corrected chi connectivity index (χ1v) is 12.3. The van der Waals surface area contributed by atoms with Crippen LogP contribution in [0, 0.1) is 6.92 Å². The molecule has 3 aromatic carbocycles. The number of nitrogens with zero attached hydrogens (tertiary/aromatic N) is 1. The highest BCUT2D eigenvalue weighted by atomic mass is 35.5. The van der Waals surface area contributed by atoms with Gasteiger partial charge in [0, 0.05) is 6.54 Å². The van der Waals surface area contributed by atoms with E-state index in [1.165, 1.54) is 30.3 Å². The molecule has 3 rings (SSSR count). The number of hydrogen-bond acceptors (Lipinski definition) is 3. The summed E-state index contributed by atoms with van der Waals surface area (Å²) in [5, 5.41) is 1.64. The highest BCUT2D eigenvalue weighted by molar-refractivity contribution is 7.92. The van der Waals surface area contributed by atoms with Crippen molar-refractivity contribution in [1.29, 1.82) is 0 Å². The van der Waals surface area contributed by atoms with Crippen LogP contribution in [0.1, 0.15) is 22.3 Å². The number of benzene rings is 3. The van der Waals surface area contributed by atoms with Gasteiger partial charge in [0.05, 0.1) is 26.7 Å². The van der Waals surface area contributed by atoms with E-state index in [0.717, 1.165) is 35.9 Å². The Hall–Kier alpha value is -3.25. The molecule has 0 fully saturated rings. The Morgan fingerprint density at radius 1 is 0.919 bits per heavy atom. The normalized spacial score (nSPS) is 12.3. The topological polar surface area (TPSA) is 66.5 Å². The first-order valence-electron chi connectivity index (χ1n) is 10.5. The first kappa shape index (κ1) is 28.3. The molecular formula is C24H19ClF6N2O3S. The van der Waals surface area contributed by atoms with Crippen LogP contribution in [0.25, 0.3) is 0 Å². The van der Waals surface area contributed by atoms with Crippen molar-refractivity contribution in [2.75, 3.05) is 10.8 Å². The van der Waals surface area contributed by atoms with Crippen LogP contribution in [0.4, 0.5) is 32.0 Å². The zero-order chi connectivity index (χ0) is 27.6. The predicted molar refractivity (Wildman–Crippen MR) is 125 cm³/mol. The summed E-state index contributed by atoms with van der Waals surface area (Å²) in [6, 6.07) is 11.9. The van der Waals surface area contributed by atoms with E-state index in [1.807, 2.05) is 0 Å². The molecule has 3 aromatic rings. The number of carbonyl (C=O) groups excluding carboxylic acids is 1. The van der Waals surface area contributed by atoms with Gasteiger partial charge >= 0.3 is 12.4 Å². The van der Waals surface area contributed by atoms with Crippen LogP contribution in [0.2, 0.25) is 5.02 Å². The van der Waals surface area contributed by atoms with Gasteiger partial charge < -0.3 is 5.32 Å². The molecule has 0 unspecified atom stereocenters. The van der Waals surface area contributed by atoms with E-state index in [1.54, 1.807) is 6.92 Å². The Labute approximate surface area is 213 Å². The summed E-state index contributed by atoms with van der Waals surface area (Å²) in [5.74, 6) is -0.961. The minimum absolute atomic E-state index is 0.0852. The van der Waals surface area contributed by atoms with Crippen molar-refractivity contribution >= 4 is 33.2 Å². The lowest BCUT2D eigenvalue weighted by atomic mass is 10.1. The summed E-state index contributed by atoms with van der Waals surface area (Å²) >= 11 is 5.65. The zero-order valence-electron chi connectivity index (χ0n) is 19.0. The number of hydrogen-bond donors (Lipinski definition) is 1. The molecule has 0 saturated carbocycles. The molecule has 0 heterocycles. The highest BCUT2D eigenvalue weighted by Gasteiger charge is 2.35. The number of nitrogens with one attached hydrogen (secondary N) is 1.